The van der Waals surface area contributed by atoms with Crippen molar-refractivity contribution in [2.45, 2.75) is 37.8 Å². The van der Waals surface area contributed by atoms with Gasteiger partial charge in [-0.2, -0.15) is 0 Å². The van der Waals surface area contributed by atoms with E-state index in [1.54, 1.807) is 13.2 Å². The second-order valence-corrected chi connectivity index (χ2v) is 6.73. The lowest BCUT2D eigenvalue weighted by Crippen LogP contribution is -2.47. The Bertz CT molecular complexity index is 568. The molecule has 2 atom stereocenters. The van der Waals surface area contributed by atoms with E-state index >= 15 is 0 Å². The summed E-state index contributed by atoms with van der Waals surface area (Å²) in [5.41, 5.74) is 0. The molecule has 0 saturated carbocycles. The number of halogens is 2. The van der Waals surface area contributed by atoms with Crippen molar-refractivity contribution in [3.63, 3.8) is 0 Å². The number of anilines is 1. The normalized spacial score (nSPS) is 23.9. The summed E-state index contributed by atoms with van der Waals surface area (Å²) >= 11 is 6.25. The van der Waals surface area contributed by atoms with E-state index in [0.717, 1.165) is 50.9 Å². The standard InChI is InChI=1S/C17H26ClN5O.HI/c1-19-17(21-11-14-5-2-3-10-24-14)22-13-7-9-23(12-13)16-15(18)6-4-8-20-16;/h4,6,8,13-14H,2-3,5,7,9-12H2,1H3,(H2,19,21,22);1H. The first kappa shape index (κ1) is 20.5. The summed E-state index contributed by atoms with van der Waals surface area (Å²) in [4.78, 5) is 10.9. The monoisotopic (exact) mass is 479 g/mol. The molecule has 140 valence electrons. The Labute approximate surface area is 171 Å². The van der Waals surface area contributed by atoms with Crippen molar-refractivity contribution in [3.8, 4) is 0 Å². The molecule has 6 nitrogen and oxygen atoms in total. The van der Waals surface area contributed by atoms with Crippen LogP contribution in [0.15, 0.2) is 23.3 Å². The molecule has 0 radical (unpaired) electrons. The Morgan fingerprint density at radius 3 is 3.04 bits per heavy atom. The summed E-state index contributed by atoms with van der Waals surface area (Å²) in [6.45, 7) is 3.50. The third-order valence-corrected chi connectivity index (χ3v) is 4.86. The van der Waals surface area contributed by atoms with Gasteiger partial charge in [-0.15, -0.1) is 24.0 Å². The second-order valence-electron chi connectivity index (χ2n) is 6.33. The third-order valence-electron chi connectivity index (χ3n) is 4.56. The summed E-state index contributed by atoms with van der Waals surface area (Å²) in [5.74, 6) is 1.70. The van der Waals surface area contributed by atoms with Gasteiger partial charge in [0.15, 0.2) is 5.96 Å². The summed E-state index contributed by atoms with van der Waals surface area (Å²) in [6.07, 6.45) is 6.67. The highest BCUT2D eigenvalue weighted by atomic mass is 127. The van der Waals surface area contributed by atoms with Crippen LogP contribution >= 0.6 is 35.6 Å². The van der Waals surface area contributed by atoms with Gasteiger partial charge >= 0.3 is 0 Å². The molecule has 1 aromatic heterocycles. The fraction of sp³-hybridized carbons (Fsp3) is 0.647. The molecule has 0 spiro atoms. The van der Waals surface area contributed by atoms with Crippen LogP contribution in [0.4, 0.5) is 5.82 Å². The minimum Gasteiger partial charge on any atom is -0.376 e. The van der Waals surface area contributed by atoms with Gasteiger partial charge in [-0.05, 0) is 37.8 Å². The Balaban J connectivity index is 0.00000225. The molecule has 0 aliphatic carbocycles. The highest BCUT2D eigenvalue weighted by molar-refractivity contribution is 14.0. The van der Waals surface area contributed by atoms with E-state index in [0.29, 0.717) is 17.2 Å². The molecule has 0 amide bonds. The summed E-state index contributed by atoms with van der Waals surface area (Å²) < 4.78 is 5.75. The predicted octanol–water partition coefficient (Wildman–Crippen LogP) is 2.67. The average Bonchev–Trinajstić information content (AvgIpc) is 3.08. The van der Waals surface area contributed by atoms with E-state index in [4.69, 9.17) is 16.3 Å². The number of pyridine rings is 1. The molecule has 0 bridgehead atoms. The summed E-state index contributed by atoms with van der Waals surface area (Å²) in [7, 11) is 1.80. The zero-order valence-electron chi connectivity index (χ0n) is 14.6. The molecule has 3 rings (SSSR count). The minimum atomic E-state index is 0. The fourth-order valence-corrected chi connectivity index (χ4v) is 3.49. The second kappa shape index (κ2) is 10.4. The zero-order chi connectivity index (χ0) is 16.8. The number of aliphatic imine (C=N–C) groups is 1. The van der Waals surface area contributed by atoms with Crippen molar-refractivity contribution >= 4 is 47.4 Å². The van der Waals surface area contributed by atoms with Crippen LogP contribution in [0.3, 0.4) is 0 Å². The van der Waals surface area contributed by atoms with Crippen LogP contribution in [0.5, 0.6) is 0 Å². The Hall–Kier alpha value is -0.800. The smallest absolute Gasteiger partial charge is 0.191 e. The van der Waals surface area contributed by atoms with Gasteiger partial charge in [0.05, 0.1) is 11.1 Å². The lowest BCUT2D eigenvalue weighted by atomic mass is 10.1. The Kier molecular flexibility index (Phi) is 8.51. The molecular formula is C17H27ClIN5O. The van der Waals surface area contributed by atoms with Crippen molar-refractivity contribution in [1.82, 2.24) is 15.6 Å². The van der Waals surface area contributed by atoms with Gasteiger partial charge < -0.3 is 20.3 Å². The number of nitrogens with one attached hydrogen (secondary N) is 2. The van der Waals surface area contributed by atoms with Crippen LogP contribution in [0.25, 0.3) is 0 Å². The molecular weight excluding hydrogens is 453 g/mol. The number of aromatic nitrogens is 1. The largest absolute Gasteiger partial charge is 0.376 e. The van der Waals surface area contributed by atoms with Crippen molar-refractivity contribution in [3.05, 3.63) is 23.4 Å². The first-order valence-electron chi connectivity index (χ1n) is 8.70. The van der Waals surface area contributed by atoms with Gasteiger partial charge in [-0.1, -0.05) is 11.6 Å². The first-order chi connectivity index (χ1) is 11.8. The molecule has 2 unspecified atom stereocenters. The van der Waals surface area contributed by atoms with Crippen LogP contribution in [0, 0.1) is 0 Å². The van der Waals surface area contributed by atoms with Crippen molar-refractivity contribution in [2.24, 2.45) is 4.99 Å². The number of rotatable bonds is 4. The molecule has 2 aliphatic heterocycles. The van der Waals surface area contributed by atoms with Gasteiger partial charge in [0.25, 0.3) is 0 Å². The predicted molar refractivity (Wildman–Crippen MR) is 113 cm³/mol. The number of guanidine groups is 1. The zero-order valence-corrected chi connectivity index (χ0v) is 17.7. The average molecular weight is 480 g/mol. The summed E-state index contributed by atoms with van der Waals surface area (Å²) in [5, 5.41) is 7.58. The maximum Gasteiger partial charge on any atom is 0.191 e. The molecule has 2 N–H and O–H groups in total. The van der Waals surface area contributed by atoms with Crippen molar-refractivity contribution < 1.29 is 4.74 Å². The van der Waals surface area contributed by atoms with E-state index in [9.17, 15) is 0 Å². The van der Waals surface area contributed by atoms with Crippen molar-refractivity contribution in [2.75, 3.05) is 38.2 Å². The van der Waals surface area contributed by atoms with Crippen LogP contribution in [-0.4, -0.2) is 56.4 Å². The van der Waals surface area contributed by atoms with Gasteiger partial charge in [0, 0.05) is 45.5 Å². The Morgan fingerprint density at radius 2 is 2.32 bits per heavy atom. The van der Waals surface area contributed by atoms with E-state index in [-0.39, 0.29) is 24.0 Å². The molecule has 8 heteroatoms. The van der Waals surface area contributed by atoms with E-state index in [1.807, 2.05) is 12.1 Å². The maximum atomic E-state index is 6.25. The topological polar surface area (TPSA) is 61.8 Å². The highest BCUT2D eigenvalue weighted by Gasteiger charge is 2.25. The Morgan fingerprint density at radius 1 is 1.44 bits per heavy atom. The number of hydrogen-bond acceptors (Lipinski definition) is 4. The van der Waals surface area contributed by atoms with Crippen molar-refractivity contribution in [1.29, 1.82) is 0 Å². The van der Waals surface area contributed by atoms with Crippen LogP contribution < -0.4 is 15.5 Å². The number of hydrogen-bond donors (Lipinski definition) is 2. The minimum absolute atomic E-state index is 0. The van der Waals surface area contributed by atoms with Gasteiger partial charge in [0.1, 0.15) is 5.82 Å². The molecule has 2 saturated heterocycles. The third kappa shape index (κ3) is 5.86. The van der Waals surface area contributed by atoms with Gasteiger partial charge in [-0.25, -0.2) is 4.98 Å². The molecule has 0 aromatic carbocycles. The highest BCUT2D eigenvalue weighted by Crippen LogP contribution is 2.25. The number of ether oxygens (including phenoxy) is 1. The molecule has 3 heterocycles. The number of nitrogens with zero attached hydrogens (tertiary/aromatic N) is 3. The van der Waals surface area contributed by atoms with Crippen LogP contribution in [0.2, 0.25) is 5.02 Å². The maximum absolute atomic E-state index is 6.25. The van der Waals surface area contributed by atoms with Gasteiger partial charge in [0.2, 0.25) is 0 Å². The van der Waals surface area contributed by atoms with E-state index in [1.165, 1.54) is 12.8 Å². The molecule has 2 fully saturated rings. The lowest BCUT2D eigenvalue weighted by Gasteiger charge is -2.25. The SMILES string of the molecule is CN=C(NCC1CCCCO1)NC1CCN(c2ncccc2Cl)C1.I. The first-order valence-corrected chi connectivity index (χ1v) is 9.08. The lowest BCUT2D eigenvalue weighted by molar-refractivity contribution is 0.0194. The molecule has 2 aliphatic rings. The van der Waals surface area contributed by atoms with Crippen LogP contribution in [0.1, 0.15) is 25.7 Å². The van der Waals surface area contributed by atoms with E-state index < -0.39 is 0 Å². The quantitative estimate of drug-likeness (QED) is 0.395. The molecule has 1 aromatic rings. The molecule has 25 heavy (non-hydrogen) atoms. The summed E-state index contributed by atoms with van der Waals surface area (Å²) in [6, 6.07) is 4.08. The van der Waals surface area contributed by atoms with E-state index in [2.05, 4.69) is 25.5 Å². The van der Waals surface area contributed by atoms with Gasteiger partial charge in [-0.3, -0.25) is 4.99 Å². The van der Waals surface area contributed by atoms with Crippen LogP contribution in [-0.2, 0) is 4.74 Å². The fourth-order valence-electron chi connectivity index (χ4n) is 3.25.